The molecule has 11 heteroatoms. The number of amides is 2. The molecule has 2 aromatic rings. The second kappa shape index (κ2) is 8.77. The van der Waals surface area contributed by atoms with Gasteiger partial charge >= 0.3 is 0 Å². The zero-order valence-electron chi connectivity index (χ0n) is 20.0. The van der Waals surface area contributed by atoms with Gasteiger partial charge in [0.1, 0.15) is 5.69 Å². The normalized spacial score (nSPS) is 17.0. The fourth-order valence-corrected chi connectivity index (χ4v) is 5.62. The lowest BCUT2D eigenvalue weighted by Gasteiger charge is -2.31. The summed E-state index contributed by atoms with van der Waals surface area (Å²) in [6.45, 7) is 3.77. The van der Waals surface area contributed by atoms with Gasteiger partial charge in [0.2, 0.25) is 0 Å². The van der Waals surface area contributed by atoms with Crippen LogP contribution in [0.25, 0.3) is 0 Å². The summed E-state index contributed by atoms with van der Waals surface area (Å²) in [4.78, 5) is 28.0. The topological polar surface area (TPSA) is 145 Å². The zero-order chi connectivity index (χ0) is 25.6. The molecule has 0 bridgehead atoms. The van der Waals surface area contributed by atoms with E-state index in [2.05, 4.69) is 10.4 Å². The lowest BCUT2D eigenvalue weighted by molar-refractivity contribution is 0.0535. The second-order valence-corrected chi connectivity index (χ2v) is 12.5. The number of aromatic nitrogens is 2. The molecule has 186 valence electrons. The van der Waals surface area contributed by atoms with Gasteiger partial charge in [-0.25, -0.2) is 8.42 Å². The molecule has 2 N–H and O–H groups in total. The van der Waals surface area contributed by atoms with Crippen LogP contribution >= 0.6 is 0 Å². The standard InChI is InChI=1S/C24H29N5O5S/c1-23(2,32)14-29-20-18(8-11-28(22(20)31)15-24(9-10-24)35(3,33)34)19(27-29)21(30)26-13-17-6-4-16(12-25)5-7-17/h4-7,32H,8-11,13-15H2,1-3H3,(H,26,30). The van der Waals surface area contributed by atoms with Crippen LogP contribution in [-0.4, -0.2) is 69.7 Å². The number of carbonyl (C=O) groups is 2. The molecule has 1 aromatic carbocycles. The Balaban J connectivity index is 1.59. The molecule has 0 unspecified atom stereocenters. The Bertz CT molecular complexity index is 1310. The van der Waals surface area contributed by atoms with Crippen molar-refractivity contribution < 1.29 is 23.1 Å². The minimum atomic E-state index is -3.32. The number of hydrogen-bond donors (Lipinski definition) is 2. The van der Waals surface area contributed by atoms with Crippen molar-refractivity contribution >= 4 is 21.7 Å². The molecule has 10 nitrogen and oxygen atoms in total. The molecule has 2 heterocycles. The Kier molecular flexibility index (Phi) is 6.23. The quantitative estimate of drug-likeness (QED) is 0.552. The van der Waals surface area contributed by atoms with E-state index >= 15 is 0 Å². The van der Waals surface area contributed by atoms with Crippen molar-refractivity contribution in [1.29, 1.82) is 5.26 Å². The average Bonchev–Trinajstić information content (AvgIpc) is 3.49. The van der Waals surface area contributed by atoms with E-state index in [1.165, 1.54) is 15.8 Å². The van der Waals surface area contributed by atoms with Crippen LogP contribution in [0.4, 0.5) is 0 Å². The third-order valence-electron chi connectivity index (χ3n) is 6.53. The Hall–Kier alpha value is -3.23. The highest BCUT2D eigenvalue weighted by atomic mass is 32.2. The Morgan fingerprint density at radius 2 is 1.94 bits per heavy atom. The number of carbonyl (C=O) groups excluding carboxylic acids is 2. The fraction of sp³-hybridized carbons (Fsp3) is 0.500. The summed E-state index contributed by atoms with van der Waals surface area (Å²) >= 11 is 0. The van der Waals surface area contributed by atoms with Crippen molar-refractivity contribution in [2.75, 3.05) is 19.3 Å². The van der Waals surface area contributed by atoms with Crippen molar-refractivity contribution in [3.63, 3.8) is 0 Å². The monoisotopic (exact) mass is 499 g/mol. The van der Waals surface area contributed by atoms with Gasteiger partial charge in [0, 0.05) is 31.5 Å². The Labute approximate surface area is 204 Å². The minimum Gasteiger partial charge on any atom is -0.389 e. The van der Waals surface area contributed by atoms with E-state index in [-0.39, 0.29) is 43.5 Å². The van der Waals surface area contributed by atoms with E-state index < -0.39 is 26.1 Å². The maximum Gasteiger partial charge on any atom is 0.272 e. The number of nitrogens with one attached hydrogen (secondary N) is 1. The summed E-state index contributed by atoms with van der Waals surface area (Å²) in [7, 11) is -3.32. The predicted octanol–water partition coefficient (Wildman–Crippen LogP) is 1.03. The second-order valence-electron chi connectivity index (χ2n) is 10.1. The van der Waals surface area contributed by atoms with E-state index in [1.807, 2.05) is 6.07 Å². The first-order chi connectivity index (χ1) is 16.3. The van der Waals surface area contributed by atoms with Crippen molar-refractivity contribution in [2.24, 2.45) is 0 Å². The highest BCUT2D eigenvalue weighted by Gasteiger charge is 2.54. The van der Waals surface area contributed by atoms with Crippen molar-refractivity contribution in [2.45, 2.75) is 56.5 Å². The van der Waals surface area contributed by atoms with Crippen LogP contribution in [0.5, 0.6) is 0 Å². The zero-order valence-corrected chi connectivity index (χ0v) is 20.9. The molecule has 2 amide bonds. The summed E-state index contributed by atoms with van der Waals surface area (Å²) in [5.41, 5.74) is 0.966. The molecule has 0 radical (unpaired) electrons. The number of nitriles is 1. The van der Waals surface area contributed by atoms with Gasteiger partial charge in [-0.3, -0.25) is 14.3 Å². The third-order valence-corrected chi connectivity index (χ3v) is 8.64. The van der Waals surface area contributed by atoms with Crippen molar-refractivity contribution in [1.82, 2.24) is 20.0 Å². The van der Waals surface area contributed by atoms with E-state index in [9.17, 15) is 23.1 Å². The molecule has 0 spiro atoms. The van der Waals surface area contributed by atoms with E-state index in [4.69, 9.17) is 5.26 Å². The lowest BCUT2D eigenvalue weighted by Crippen LogP contribution is -2.46. The predicted molar refractivity (Wildman–Crippen MR) is 127 cm³/mol. The van der Waals surface area contributed by atoms with Crippen molar-refractivity contribution in [3.8, 4) is 6.07 Å². The maximum absolute atomic E-state index is 13.5. The number of aliphatic hydroxyl groups is 1. The van der Waals surface area contributed by atoms with E-state index in [1.54, 1.807) is 38.1 Å². The van der Waals surface area contributed by atoms with Crippen LogP contribution in [0.3, 0.4) is 0 Å². The van der Waals surface area contributed by atoms with Crippen LogP contribution in [0, 0.1) is 11.3 Å². The summed E-state index contributed by atoms with van der Waals surface area (Å²) in [5, 5.41) is 26.5. The lowest BCUT2D eigenvalue weighted by atomic mass is 10.0. The van der Waals surface area contributed by atoms with Crippen LogP contribution in [-0.2, 0) is 29.3 Å². The van der Waals surface area contributed by atoms with Gasteiger partial charge in [0.05, 0.1) is 28.5 Å². The largest absolute Gasteiger partial charge is 0.389 e. The van der Waals surface area contributed by atoms with Gasteiger partial charge in [0.15, 0.2) is 15.5 Å². The third kappa shape index (κ3) is 5.09. The van der Waals surface area contributed by atoms with Gasteiger partial charge < -0.3 is 15.3 Å². The Morgan fingerprint density at radius 1 is 1.29 bits per heavy atom. The average molecular weight is 500 g/mol. The summed E-state index contributed by atoms with van der Waals surface area (Å²) in [5.74, 6) is -0.833. The highest BCUT2D eigenvalue weighted by molar-refractivity contribution is 7.92. The molecule has 1 aromatic heterocycles. The molecule has 0 saturated heterocycles. The van der Waals surface area contributed by atoms with Crippen LogP contribution in [0.15, 0.2) is 24.3 Å². The molecular formula is C24H29N5O5S. The molecule has 1 aliphatic heterocycles. The maximum atomic E-state index is 13.5. The smallest absolute Gasteiger partial charge is 0.272 e. The number of fused-ring (bicyclic) bond motifs is 1. The molecule has 1 fully saturated rings. The molecule has 0 atom stereocenters. The van der Waals surface area contributed by atoms with Crippen LogP contribution in [0.2, 0.25) is 0 Å². The molecule has 4 rings (SSSR count). The number of hydrogen-bond acceptors (Lipinski definition) is 7. The minimum absolute atomic E-state index is 0.00493. The van der Waals surface area contributed by atoms with Crippen LogP contribution in [0.1, 0.15) is 64.4 Å². The summed E-state index contributed by atoms with van der Waals surface area (Å²) in [6, 6.07) is 8.87. The first-order valence-electron chi connectivity index (χ1n) is 11.4. The van der Waals surface area contributed by atoms with Gasteiger partial charge in [-0.2, -0.15) is 10.4 Å². The highest BCUT2D eigenvalue weighted by Crippen LogP contribution is 2.44. The van der Waals surface area contributed by atoms with Gasteiger partial charge in [-0.1, -0.05) is 12.1 Å². The first-order valence-corrected chi connectivity index (χ1v) is 13.3. The number of nitrogens with zero attached hydrogens (tertiary/aromatic N) is 4. The molecule has 1 saturated carbocycles. The number of benzene rings is 1. The molecular weight excluding hydrogens is 470 g/mol. The van der Waals surface area contributed by atoms with Crippen molar-refractivity contribution in [3.05, 3.63) is 52.3 Å². The molecule has 1 aliphatic carbocycles. The van der Waals surface area contributed by atoms with Gasteiger partial charge in [-0.05, 0) is 50.8 Å². The fourth-order valence-electron chi connectivity index (χ4n) is 4.38. The molecule has 35 heavy (non-hydrogen) atoms. The van der Waals surface area contributed by atoms with E-state index in [0.29, 0.717) is 30.4 Å². The Morgan fingerprint density at radius 3 is 2.49 bits per heavy atom. The summed E-state index contributed by atoms with van der Waals surface area (Å²) < 4.78 is 25.0. The van der Waals surface area contributed by atoms with E-state index in [0.717, 1.165) is 5.56 Å². The number of sulfone groups is 1. The van der Waals surface area contributed by atoms with Crippen LogP contribution < -0.4 is 5.32 Å². The SMILES string of the molecule is CC(C)(O)Cn1nc(C(=O)NCc2ccc(C#N)cc2)c2c1C(=O)N(CC1(S(C)(=O)=O)CC1)CC2. The van der Waals surface area contributed by atoms with Gasteiger partial charge in [-0.15, -0.1) is 0 Å². The molecule has 2 aliphatic rings. The number of rotatable bonds is 8. The summed E-state index contributed by atoms with van der Waals surface area (Å²) in [6.07, 6.45) is 2.60. The first kappa shape index (κ1) is 24.9. The van der Waals surface area contributed by atoms with Gasteiger partial charge in [0.25, 0.3) is 11.8 Å².